The average molecular weight is 945 g/mol. The van der Waals surface area contributed by atoms with Crippen molar-refractivity contribution in [2.75, 3.05) is 4.90 Å². The maximum absolute atomic E-state index is 5.74. The van der Waals surface area contributed by atoms with Crippen molar-refractivity contribution in [1.82, 2.24) is 24.1 Å². The van der Waals surface area contributed by atoms with Gasteiger partial charge in [0.2, 0.25) is 11.9 Å². The van der Waals surface area contributed by atoms with Gasteiger partial charge >= 0.3 is 0 Å². The van der Waals surface area contributed by atoms with E-state index in [9.17, 15) is 0 Å². The third-order valence-corrected chi connectivity index (χ3v) is 21.5. The number of benzene rings is 9. The summed E-state index contributed by atoms with van der Waals surface area (Å²) in [5.41, 5.74) is 8.68. The fraction of sp³-hybridized carbons (Fsp3) is 0.123. The van der Waals surface area contributed by atoms with Crippen LogP contribution in [-0.4, -0.2) is 37.7 Å². The van der Waals surface area contributed by atoms with Gasteiger partial charge in [0.1, 0.15) is 0 Å². The highest BCUT2D eigenvalue weighted by molar-refractivity contribution is 7.19. The summed E-state index contributed by atoms with van der Waals surface area (Å²) in [5, 5.41) is 9.95. The number of hydrogen-bond donors (Lipinski definition) is 0. The maximum Gasteiger partial charge on any atom is 0.240 e. The first-order valence-electron chi connectivity index (χ1n) is 25.4. The molecule has 12 aromatic rings. The van der Waals surface area contributed by atoms with E-state index in [1.807, 2.05) is 0 Å². The Balaban J connectivity index is 1.07. The molecule has 3 aromatic heterocycles. The third-order valence-electron chi connectivity index (χ3n) is 16.7. The van der Waals surface area contributed by atoms with E-state index in [4.69, 9.17) is 15.0 Å². The molecule has 2 unspecified atom stereocenters. The van der Waals surface area contributed by atoms with Crippen LogP contribution in [0.4, 0.5) is 11.6 Å². The highest BCUT2D eigenvalue weighted by Gasteiger charge is 2.58. The van der Waals surface area contributed by atoms with Crippen LogP contribution < -0.4 is 25.6 Å². The van der Waals surface area contributed by atoms with E-state index < -0.39 is 8.07 Å². The monoisotopic (exact) mass is 944 g/mol. The molecular weight excluding hydrogens is 893 g/mol. The van der Waals surface area contributed by atoms with E-state index in [1.165, 1.54) is 60.2 Å². The first-order chi connectivity index (χ1) is 35.5. The Bertz CT molecular complexity index is 3940. The molecule has 0 spiro atoms. The van der Waals surface area contributed by atoms with Crippen molar-refractivity contribution in [3.05, 3.63) is 236 Å². The summed E-state index contributed by atoms with van der Waals surface area (Å²) in [6.45, 7) is 4.93. The number of rotatable bonds is 8. The molecule has 9 aromatic carbocycles. The van der Waals surface area contributed by atoms with Crippen LogP contribution in [0.5, 0.6) is 0 Å². The third kappa shape index (κ3) is 6.04. The second-order valence-electron chi connectivity index (χ2n) is 20.3. The highest BCUT2D eigenvalue weighted by Crippen LogP contribution is 2.60. The van der Waals surface area contributed by atoms with Crippen LogP contribution in [0.3, 0.4) is 0 Å². The Morgan fingerprint density at radius 1 is 0.431 bits per heavy atom. The van der Waals surface area contributed by atoms with Crippen molar-refractivity contribution in [3.8, 4) is 23.0 Å². The van der Waals surface area contributed by atoms with Gasteiger partial charge in [0.15, 0.2) is 13.9 Å². The molecule has 14 rings (SSSR count). The Morgan fingerprint density at radius 3 is 1.68 bits per heavy atom. The van der Waals surface area contributed by atoms with Gasteiger partial charge < -0.3 is 9.47 Å². The van der Waals surface area contributed by atoms with E-state index in [1.54, 1.807) is 0 Å². The quantitative estimate of drug-likeness (QED) is 0.112. The van der Waals surface area contributed by atoms with Crippen molar-refractivity contribution in [2.45, 2.75) is 50.5 Å². The number of nitrogens with zero attached hydrogens (tertiary/aromatic N) is 6. The lowest BCUT2D eigenvalue weighted by Crippen LogP contribution is -2.74. The summed E-state index contributed by atoms with van der Waals surface area (Å²) in [5.74, 6) is 1.91. The highest BCUT2D eigenvalue weighted by atomic mass is 28.3. The fourth-order valence-electron chi connectivity index (χ4n) is 13.2. The van der Waals surface area contributed by atoms with Gasteiger partial charge in [-0.3, -0.25) is 4.57 Å². The van der Waals surface area contributed by atoms with Crippen molar-refractivity contribution in [1.29, 1.82) is 0 Å². The normalized spacial score (nSPS) is 17.7. The van der Waals surface area contributed by atoms with Crippen molar-refractivity contribution >= 4 is 84.1 Å². The molecule has 1 fully saturated rings. The molecule has 72 heavy (non-hydrogen) atoms. The molecule has 2 aliphatic rings. The minimum absolute atomic E-state index is 0.0930. The van der Waals surface area contributed by atoms with E-state index in [2.05, 4.69) is 258 Å². The smallest absolute Gasteiger partial charge is 0.240 e. The number of para-hydroxylation sites is 4. The van der Waals surface area contributed by atoms with Gasteiger partial charge in [-0.05, 0) is 82.5 Å². The minimum atomic E-state index is -2.90. The molecule has 1 saturated carbocycles. The summed E-state index contributed by atoms with van der Waals surface area (Å²) in [6, 6.07) is 84.5. The van der Waals surface area contributed by atoms with E-state index >= 15 is 0 Å². The Morgan fingerprint density at radius 2 is 0.986 bits per heavy atom. The van der Waals surface area contributed by atoms with Gasteiger partial charge in [-0.25, -0.2) is 0 Å². The average Bonchev–Trinajstić information content (AvgIpc) is 4.04. The summed E-state index contributed by atoms with van der Waals surface area (Å²) in [4.78, 5) is 19.6. The molecular formula is C65H52N6Si. The van der Waals surface area contributed by atoms with E-state index in [-0.39, 0.29) is 11.0 Å². The minimum Gasteiger partial charge on any atom is -0.309 e. The maximum atomic E-state index is 5.74. The summed E-state index contributed by atoms with van der Waals surface area (Å²) < 4.78 is 4.74. The van der Waals surface area contributed by atoms with Crippen molar-refractivity contribution in [3.63, 3.8) is 0 Å². The summed E-state index contributed by atoms with van der Waals surface area (Å²) in [6.07, 6.45) is 4.47. The molecule has 6 nitrogen and oxygen atoms in total. The zero-order valence-electron chi connectivity index (χ0n) is 40.5. The first kappa shape index (κ1) is 42.5. The van der Waals surface area contributed by atoms with Gasteiger partial charge in [0.25, 0.3) is 0 Å². The SMILES string of the molecule is CC12CCCCC1(C)N(c1nc(-c3cccc([Si](c4ccccc4)(c4ccccc4)c4ccccc4)c3)nc(-n3c4ccccc4c4c3ccc3c5ccccc5n(-c5ccccc5)c34)n1)c1ccccc12. The van der Waals surface area contributed by atoms with Crippen LogP contribution in [0.15, 0.2) is 231 Å². The van der Waals surface area contributed by atoms with Crippen LogP contribution in [0.25, 0.3) is 66.6 Å². The fourth-order valence-corrected chi connectivity index (χ4v) is 18.0. The van der Waals surface area contributed by atoms with Gasteiger partial charge in [0.05, 0.1) is 27.6 Å². The van der Waals surface area contributed by atoms with Crippen molar-refractivity contribution < 1.29 is 0 Å². The topological polar surface area (TPSA) is 51.8 Å². The molecule has 0 amide bonds. The molecule has 346 valence electrons. The Kier molecular flexibility index (Phi) is 9.64. The standard InChI is InChI=1S/C65H52N6Si/c1-64-42-21-22-43-65(64,2)71(57-39-20-17-36-54(57)64)63-67-61(45-24-23-33-50(44-45)72(47-27-9-4-10-28-47,48-29-11-5-12-30-48)49-31-13-6-14-32-49)66-62(68-63)70-56-38-19-16-35-53(56)59-58(70)41-40-52-51-34-15-18-37-55(51)69(60(52)59)46-25-7-3-8-26-46/h3-20,23-41,44H,21-22,42-43H2,1-2H3. The molecule has 1 aliphatic heterocycles. The zero-order valence-corrected chi connectivity index (χ0v) is 41.5. The molecule has 1 aliphatic carbocycles. The van der Waals surface area contributed by atoms with Crippen molar-refractivity contribution in [2.24, 2.45) is 0 Å². The summed E-state index contributed by atoms with van der Waals surface area (Å²) >= 11 is 0. The molecule has 0 radical (unpaired) electrons. The second kappa shape index (κ2) is 16.3. The second-order valence-corrected chi connectivity index (χ2v) is 24.1. The van der Waals surface area contributed by atoms with Crippen LogP contribution >= 0.6 is 0 Å². The van der Waals surface area contributed by atoms with Gasteiger partial charge in [-0.1, -0.05) is 214 Å². The predicted molar refractivity (Wildman–Crippen MR) is 300 cm³/mol. The number of aromatic nitrogens is 5. The number of anilines is 2. The molecule has 0 N–H and O–H groups in total. The number of fused-ring (bicyclic) bond motifs is 10. The van der Waals surface area contributed by atoms with E-state index in [0.717, 1.165) is 52.3 Å². The predicted octanol–water partition coefficient (Wildman–Crippen LogP) is 12.9. The lowest BCUT2D eigenvalue weighted by atomic mass is 9.61. The Labute approximate surface area is 420 Å². The van der Waals surface area contributed by atoms with Crippen LogP contribution in [-0.2, 0) is 5.41 Å². The molecule has 7 heteroatoms. The summed E-state index contributed by atoms with van der Waals surface area (Å²) in [7, 11) is -2.90. The van der Waals surface area contributed by atoms with Crippen LogP contribution in [0.2, 0.25) is 0 Å². The van der Waals surface area contributed by atoms with Gasteiger partial charge in [-0.15, -0.1) is 0 Å². The molecule has 4 heterocycles. The molecule has 0 saturated heterocycles. The number of hydrogen-bond acceptors (Lipinski definition) is 4. The largest absolute Gasteiger partial charge is 0.309 e. The van der Waals surface area contributed by atoms with Gasteiger partial charge in [0, 0.05) is 43.9 Å². The zero-order chi connectivity index (χ0) is 48.0. The van der Waals surface area contributed by atoms with Crippen LogP contribution in [0, 0.1) is 0 Å². The molecule has 0 bridgehead atoms. The lowest BCUT2D eigenvalue weighted by molar-refractivity contribution is 0.193. The lowest BCUT2D eigenvalue weighted by Gasteiger charge is -2.49. The van der Waals surface area contributed by atoms with Crippen LogP contribution in [0.1, 0.15) is 45.1 Å². The Hall–Kier alpha value is -8.39. The molecule has 2 atom stereocenters. The first-order valence-corrected chi connectivity index (χ1v) is 27.4. The van der Waals surface area contributed by atoms with Gasteiger partial charge in [-0.2, -0.15) is 15.0 Å². The van der Waals surface area contributed by atoms with E-state index in [0.29, 0.717) is 17.7 Å².